The van der Waals surface area contributed by atoms with Gasteiger partial charge >= 0.3 is 5.97 Å². The first-order chi connectivity index (χ1) is 12.9. The van der Waals surface area contributed by atoms with Gasteiger partial charge in [0.05, 0.1) is 31.5 Å². The normalized spacial score (nSPS) is 10.2. The lowest BCUT2D eigenvalue weighted by Crippen LogP contribution is -2.23. The van der Waals surface area contributed by atoms with Gasteiger partial charge in [0.1, 0.15) is 17.1 Å². The minimum Gasteiger partial charge on any atom is -0.495 e. The molecule has 0 bridgehead atoms. The lowest BCUT2D eigenvalue weighted by molar-refractivity contribution is -0.114. The van der Waals surface area contributed by atoms with E-state index in [0.29, 0.717) is 11.4 Å². The second-order valence-corrected chi connectivity index (χ2v) is 5.62. The van der Waals surface area contributed by atoms with Crippen LogP contribution < -0.4 is 15.4 Å². The minimum atomic E-state index is -0.729. The lowest BCUT2D eigenvalue weighted by atomic mass is 10.1. The third-order valence-corrected chi connectivity index (χ3v) is 3.72. The number of carbonyl (C=O) groups excluding carboxylic acids is 3. The molecule has 0 unspecified atom stereocenters. The SMILES string of the molecule is CCOC(=O)c1c(NC(=O)CNc2ccccc2OC)oc(C)c1C(C)=O. The van der Waals surface area contributed by atoms with Crippen LogP contribution in [0.25, 0.3) is 0 Å². The molecule has 0 aliphatic rings. The number of ketones is 1. The molecule has 27 heavy (non-hydrogen) atoms. The number of carbonyl (C=O) groups is 3. The van der Waals surface area contributed by atoms with Gasteiger partial charge in [0.25, 0.3) is 0 Å². The van der Waals surface area contributed by atoms with Gasteiger partial charge < -0.3 is 19.2 Å². The van der Waals surface area contributed by atoms with Gasteiger partial charge in [-0.3, -0.25) is 14.9 Å². The van der Waals surface area contributed by atoms with Gasteiger partial charge in [0.15, 0.2) is 5.78 Å². The number of Topliss-reactive ketones (excluding diaryl/α,β-unsaturated/α-hetero) is 1. The van der Waals surface area contributed by atoms with Crippen molar-refractivity contribution in [3.8, 4) is 5.75 Å². The fraction of sp³-hybridized carbons (Fsp3) is 0.316. The molecule has 0 saturated carbocycles. The molecule has 8 heteroatoms. The first-order valence-electron chi connectivity index (χ1n) is 8.37. The van der Waals surface area contributed by atoms with E-state index in [1.807, 2.05) is 6.07 Å². The standard InChI is InChI=1S/C19H22N2O6/c1-5-26-19(24)17-16(11(2)22)12(3)27-18(17)21-15(23)10-20-13-8-6-7-9-14(13)25-4/h6-9,20H,5,10H2,1-4H3,(H,21,23). The molecular formula is C19H22N2O6. The summed E-state index contributed by atoms with van der Waals surface area (Å²) in [5, 5.41) is 5.45. The number of rotatable bonds is 8. The second-order valence-electron chi connectivity index (χ2n) is 5.62. The van der Waals surface area contributed by atoms with Gasteiger partial charge in [-0.25, -0.2) is 4.79 Å². The van der Waals surface area contributed by atoms with Crippen LogP contribution in [0.2, 0.25) is 0 Å². The van der Waals surface area contributed by atoms with Crippen molar-refractivity contribution in [2.24, 2.45) is 0 Å². The van der Waals surface area contributed by atoms with Crippen LogP contribution in [0.1, 0.15) is 40.3 Å². The van der Waals surface area contributed by atoms with Crippen LogP contribution in [-0.4, -0.2) is 37.9 Å². The molecule has 1 aromatic carbocycles. The highest BCUT2D eigenvalue weighted by Crippen LogP contribution is 2.28. The third kappa shape index (κ3) is 4.66. The van der Waals surface area contributed by atoms with Gasteiger partial charge in [0.2, 0.25) is 11.8 Å². The molecule has 1 amide bonds. The Bertz CT molecular complexity index is 856. The van der Waals surface area contributed by atoms with Gasteiger partial charge in [-0.2, -0.15) is 0 Å². The second kappa shape index (κ2) is 8.88. The zero-order chi connectivity index (χ0) is 20.0. The number of methoxy groups -OCH3 is 1. The van der Waals surface area contributed by atoms with E-state index in [1.165, 1.54) is 14.0 Å². The largest absolute Gasteiger partial charge is 0.495 e. The predicted octanol–water partition coefficient (Wildman–Crippen LogP) is 3.03. The van der Waals surface area contributed by atoms with Crippen LogP contribution in [0.5, 0.6) is 5.75 Å². The monoisotopic (exact) mass is 374 g/mol. The summed E-state index contributed by atoms with van der Waals surface area (Å²) in [7, 11) is 1.53. The molecule has 0 atom stereocenters. The highest BCUT2D eigenvalue weighted by atomic mass is 16.5. The van der Waals surface area contributed by atoms with Crippen molar-refractivity contribution in [2.75, 3.05) is 30.9 Å². The Labute approximate surface area is 156 Å². The Kier molecular flexibility index (Phi) is 6.59. The van der Waals surface area contributed by atoms with Gasteiger partial charge in [-0.1, -0.05) is 12.1 Å². The highest BCUT2D eigenvalue weighted by Gasteiger charge is 2.28. The summed E-state index contributed by atoms with van der Waals surface area (Å²) >= 11 is 0. The number of esters is 1. The molecule has 2 rings (SSSR count). The number of ether oxygens (including phenoxy) is 2. The van der Waals surface area contributed by atoms with Gasteiger partial charge in [0, 0.05) is 0 Å². The number of hydrogen-bond donors (Lipinski definition) is 2. The summed E-state index contributed by atoms with van der Waals surface area (Å²) in [6.07, 6.45) is 0. The fourth-order valence-corrected chi connectivity index (χ4v) is 2.59. The molecule has 1 aromatic heterocycles. The Balaban J connectivity index is 2.18. The smallest absolute Gasteiger partial charge is 0.344 e. The Hall–Kier alpha value is -3.29. The van der Waals surface area contributed by atoms with Crippen LogP contribution in [0.4, 0.5) is 11.6 Å². The van der Waals surface area contributed by atoms with E-state index in [0.717, 1.165) is 0 Å². The zero-order valence-corrected chi connectivity index (χ0v) is 15.7. The summed E-state index contributed by atoms with van der Waals surface area (Å²) in [5.74, 6) is -0.832. The molecule has 0 saturated heterocycles. The van der Waals surface area contributed by atoms with E-state index in [2.05, 4.69) is 10.6 Å². The number of nitrogens with one attached hydrogen (secondary N) is 2. The predicted molar refractivity (Wildman–Crippen MR) is 99.5 cm³/mol. The van der Waals surface area contributed by atoms with Crippen molar-refractivity contribution < 1.29 is 28.3 Å². The zero-order valence-electron chi connectivity index (χ0n) is 15.7. The first kappa shape index (κ1) is 20.0. The van der Waals surface area contributed by atoms with Gasteiger partial charge in [-0.05, 0) is 32.9 Å². The summed E-state index contributed by atoms with van der Waals surface area (Å²) in [6.45, 7) is 4.53. The molecule has 2 aromatic rings. The third-order valence-electron chi connectivity index (χ3n) is 3.72. The van der Waals surface area contributed by atoms with E-state index in [1.54, 1.807) is 32.0 Å². The Morgan fingerprint density at radius 1 is 1.15 bits per heavy atom. The molecule has 144 valence electrons. The molecule has 0 aliphatic heterocycles. The number of hydrogen-bond acceptors (Lipinski definition) is 7. The van der Waals surface area contributed by atoms with E-state index in [9.17, 15) is 14.4 Å². The Morgan fingerprint density at radius 2 is 1.85 bits per heavy atom. The van der Waals surface area contributed by atoms with Crippen molar-refractivity contribution >= 4 is 29.2 Å². The molecule has 1 heterocycles. The molecule has 8 nitrogen and oxygen atoms in total. The van der Waals surface area contributed by atoms with E-state index < -0.39 is 11.9 Å². The molecule has 2 N–H and O–H groups in total. The minimum absolute atomic E-state index is 0.0764. The van der Waals surface area contributed by atoms with Crippen molar-refractivity contribution in [2.45, 2.75) is 20.8 Å². The van der Waals surface area contributed by atoms with E-state index >= 15 is 0 Å². The van der Waals surface area contributed by atoms with Crippen molar-refractivity contribution in [3.63, 3.8) is 0 Å². The van der Waals surface area contributed by atoms with Crippen LogP contribution in [0.3, 0.4) is 0 Å². The van der Waals surface area contributed by atoms with Crippen LogP contribution in [0.15, 0.2) is 28.7 Å². The topological polar surface area (TPSA) is 107 Å². The number of para-hydroxylation sites is 2. The maximum atomic E-state index is 12.3. The maximum absolute atomic E-state index is 12.3. The first-order valence-corrected chi connectivity index (χ1v) is 8.37. The summed E-state index contributed by atoms with van der Waals surface area (Å²) < 4.78 is 15.6. The van der Waals surface area contributed by atoms with Crippen LogP contribution in [0, 0.1) is 6.92 Å². The number of anilines is 2. The van der Waals surface area contributed by atoms with Crippen molar-refractivity contribution in [1.29, 1.82) is 0 Å². The quantitative estimate of drug-likeness (QED) is 0.540. The number of amides is 1. The molecule has 0 fully saturated rings. The number of benzene rings is 1. The Morgan fingerprint density at radius 3 is 2.48 bits per heavy atom. The number of furan rings is 1. The van der Waals surface area contributed by atoms with E-state index in [4.69, 9.17) is 13.9 Å². The number of aryl methyl sites for hydroxylation is 1. The molecule has 0 aliphatic carbocycles. The lowest BCUT2D eigenvalue weighted by Gasteiger charge is -2.11. The average molecular weight is 374 g/mol. The van der Waals surface area contributed by atoms with Gasteiger partial charge in [-0.15, -0.1) is 0 Å². The van der Waals surface area contributed by atoms with E-state index in [-0.39, 0.29) is 41.7 Å². The average Bonchev–Trinajstić information content (AvgIpc) is 2.96. The summed E-state index contributed by atoms with van der Waals surface area (Å²) in [4.78, 5) is 36.4. The molecule has 0 spiro atoms. The fourth-order valence-electron chi connectivity index (χ4n) is 2.59. The van der Waals surface area contributed by atoms with Crippen molar-refractivity contribution in [1.82, 2.24) is 0 Å². The summed E-state index contributed by atoms with van der Waals surface area (Å²) in [6, 6.07) is 7.14. The molecular weight excluding hydrogens is 352 g/mol. The van der Waals surface area contributed by atoms with Crippen molar-refractivity contribution in [3.05, 3.63) is 41.2 Å². The summed E-state index contributed by atoms with van der Waals surface area (Å²) in [5.41, 5.74) is 0.662. The molecule has 0 radical (unpaired) electrons. The maximum Gasteiger partial charge on any atom is 0.344 e. The van der Waals surface area contributed by atoms with Crippen LogP contribution >= 0.6 is 0 Å². The highest BCUT2D eigenvalue weighted by molar-refractivity contribution is 6.11. The van der Waals surface area contributed by atoms with Crippen LogP contribution in [-0.2, 0) is 9.53 Å².